The van der Waals surface area contributed by atoms with Crippen molar-refractivity contribution in [2.24, 2.45) is 0 Å². The van der Waals surface area contributed by atoms with Gasteiger partial charge in [-0.15, -0.1) is 0 Å². The monoisotopic (exact) mass is 396 g/mol. The van der Waals surface area contributed by atoms with E-state index in [0.29, 0.717) is 44.8 Å². The Morgan fingerprint density at radius 3 is 2.14 bits per heavy atom. The normalized spacial score (nSPS) is 14.3. The molecule has 1 aliphatic rings. The number of hydrogen-bond acceptors (Lipinski definition) is 4. The second kappa shape index (κ2) is 9.96. The van der Waals surface area contributed by atoms with Crippen molar-refractivity contribution in [1.29, 1.82) is 0 Å². The predicted molar refractivity (Wildman–Crippen MR) is 111 cm³/mol. The Labute approximate surface area is 172 Å². The molecule has 2 amide bonds. The van der Waals surface area contributed by atoms with Gasteiger partial charge in [0.2, 0.25) is 5.91 Å². The first kappa shape index (κ1) is 20.7. The highest BCUT2D eigenvalue weighted by Gasteiger charge is 2.23. The molecular weight excluding hydrogens is 368 g/mol. The van der Waals surface area contributed by atoms with E-state index in [2.05, 4.69) is 0 Å². The Bertz CT molecular complexity index is 818. The minimum absolute atomic E-state index is 0.00605. The van der Waals surface area contributed by atoms with E-state index in [1.165, 1.54) is 0 Å². The van der Waals surface area contributed by atoms with Crippen LogP contribution in [0.15, 0.2) is 48.5 Å². The third-order valence-electron chi connectivity index (χ3n) is 5.06. The summed E-state index contributed by atoms with van der Waals surface area (Å²) in [5.74, 6) is 1.62. The summed E-state index contributed by atoms with van der Waals surface area (Å²) < 4.78 is 10.6. The molecule has 6 heteroatoms. The lowest BCUT2D eigenvalue weighted by molar-refractivity contribution is -0.130. The fraction of sp³-hybridized carbons (Fsp3) is 0.391. The molecular formula is C23H28N2O4. The van der Waals surface area contributed by atoms with Gasteiger partial charge in [0, 0.05) is 31.7 Å². The summed E-state index contributed by atoms with van der Waals surface area (Å²) in [6.07, 6.45) is 1.13. The fourth-order valence-electron chi connectivity index (χ4n) is 3.44. The van der Waals surface area contributed by atoms with Gasteiger partial charge in [-0.2, -0.15) is 0 Å². The van der Waals surface area contributed by atoms with Crippen molar-refractivity contribution < 1.29 is 19.1 Å². The third-order valence-corrected chi connectivity index (χ3v) is 5.06. The molecule has 1 aliphatic heterocycles. The molecule has 1 heterocycles. The SMILES string of the molecule is CCOc1ccc(CC(=O)N2CCCN(C(=O)c3ccc(OC)cc3)CC2)cc1. The van der Waals surface area contributed by atoms with Crippen molar-refractivity contribution in [1.82, 2.24) is 9.80 Å². The summed E-state index contributed by atoms with van der Waals surface area (Å²) in [6, 6.07) is 14.8. The summed E-state index contributed by atoms with van der Waals surface area (Å²) in [4.78, 5) is 29.2. The highest BCUT2D eigenvalue weighted by molar-refractivity contribution is 5.94. The van der Waals surface area contributed by atoms with Crippen LogP contribution in [0.3, 0.4) is 0 Å². The number of hydrogen-bond donors (Lipinski definition) is 0. The van der Waals surface area contributed by atoms with Gasteiger partial charge in [-0.3, -0.25) is 9.59 Å². The first-order valence-electron chi connectivity index (χ1n) is 10.0. The smallest absolute Gasteiger partial charge is 0.253 e. The Morgan fingerprint density at radius 1 is 0.862 bits per heavy atom. The van der Waals surface area contributed by atoms with Gasteiger partial charge in [0.25, 0.3) is 5.91 Å². The molecule has 0 bridgehead atoms. The molecule has 6 nitrogen and oxygen atoms in total. The van der Waals surface area contributed by atoms with E-state index in [4.69, 9.17) is 9.47 Å². The molecule has 29 heavy (non-hydrogen) atoms. The fourth-order valence-corrected chi connectivity index (χ4v) is 3.44. The molecule has 0 aromatic heterocycles. The standard InChI is InChI=1S/C23H28N2O4/c1-3-29-21-9-5-18(6-10-21)17-22(26)24-13-4-14-25(16-15-24)23(27)19-7-11-20(28-2)12-8-19/h5-12H,3-4,13-17H2,1-2H3. The van der Waals surface area contributed by atoms with Crippen LogP contribution in [0.5, 0.6) is 11.5 Å². The van der Waals surface area contributed by atoms with Crippen LogP contribution in [0.1, 0.15) is 29.3 Å². The maximum absolute atomic E-state index is 12.8. The largest absolute Gasteiger partial charge is 0.497 e. The molecule has 0 atom stereocenters. The summed E-state index contributed by atoms with van der Waals surface area (Å²) >= 11 is 0. The van der Waals surface area contributed by atoms with Crippen molar-refractivity contribution in [3.63, 3.8) is 0 Å². The number of methoxy groups -OCH3 is 1. The average molecular weight is 396 g/mol. The zero-order valence-corrected chi connectivity index (χ0v) is 17.1. The number of carbonyl (C=O) groups is 2. The Morgan fingerprint density at radius 2 is 1.48 bits per heavy atom. The lowest BCUT2D eigenvalue weighted by Crippen LogP contribution is -2.38. The third kappa shape index (κ3) is 5.50. The van der Waals surface area contributed by atoms with Crippen molar-refractivity contribution in [3.05, 3.63) is 59.7 Å². The van der Waals surface area contributed by atoms with Crippen LogP contribution in [0, 0.1) is 0 Å². The summed E-state index contributed by atoms with van der Waals surface area (Å²) in [6.45, 7) is 4.98. The topological polar surface area (TPSA) is 59.1 Å². The second-order valence-electron chi connectivity index (χ2n) is 7.01. The maximum Gasteiger partial charge on any atom is 0.253 e. The molecule has 0 spiro atoms. The van der Waals surface area contributed by atoms with Gasteiger partial charge in [-0.05, 0) is 55.3 Å². The van der Waals surface area contributed by atoms with Crippen LogP contribution < -0.4 is 9.47 Å². The van der Waals surface area contributed by atoms with E-state index in [0.717, 1.165) is 23.5 Å². The molecule has 0 radical (unpaired) electrons. The molecule has 1 saturated heterocycles. The second-order valence-corrected chi connectivity index (χ2v) is 7.01. The molecule has 0 unspecified atom stereocenters. The van der Waals surface area contributed by atoms with Crippen LogP contribution in [0.25, 0.3) is 0 Å². The minimum Gasteiger partial charge on any atom is -0.497 e. The van der Waals surface area contributed by atoms with Gasteiger partial charge in [0.1, 0.15) is 11.5 Å². The van der Waals surface area contributed by atoms with Gasteiger partial charge in [-0.1, -0.05) is 12.1 Å². The zero-order chi connectivity index (χ0) is 20.6. The number of nitrogens with zero attached hydrogens (tertiary/aromatic N) is 2. The van der Waals surface area contributed by atoms with Crippen LogP contribution in [0.4, 0.5) is 0 Å². The number of benzene rings is 2. The molecule has 2 aromatic rings. The van der Waals surface area contributed by atoms with E-state index in [1.54, 1.807) is 31.4 Å². The highest BCUT2D eigenvalue weighted by Crippen LogP contribution is 2.16. The number of amides is 2. The Hall–Kier alpha value is -3.02. The van der Waals surface area contributed by atoms with E-state index in [-0.39, 0.29) is 11.8 Å². The van der Waals surface area contributed by atoms with Crippen LogP contribution in [0.2, 0.25) is 0 Å². The molecule has 154 valence electrons. The first-order valence-corrected chi connectivity index (χ1v) is 10.0. The van der Waals surface area contributed by atoms with Gasteiger partial charge >= 0.3 is 0 Å². The first-order chi connectivity index (χ1) is 14.1. The Kier molecular flexibility index (Phi) is 7.11. The maximum atomic E-state index is 12.8. The van der Waals surface area contributed by atoms with Crippen LogP contribution >= 0.6 is 0 Å². The highest BCUT2D eigenvalue weighted by atomic mass is 16.5. The molecule has 0 aliphatic carbocycles. The van der Waals surface area contributed by atoms with Gasteiger partial charge in [0.15, 0.2) is 0 Å². The Balaban J connectivity index is 1.55. The lowest BCUT2D eigenvalue weighted by Gasteiger charge is -2.22. The van der Waals surface area contributed by atoms with Gasteiger partial charge < -0.3 is 19.3 Å². The number of ether oxygens (including phenoxy) is 2. The molecule has 3 rings (SSSR count). The number of rotatable bonds is 6. The van der Waals surface area contributed by atoms with Gasteiger partial charge in [-0.25, -0.2) is 0 Å². The van der Waals surface area contributed by atoms with Crippen LogP contribution in [-0.4, -0.2) is 61.5 Å². The van der Waals surface area contributed by atoms with Crippen molar-refractivity contribution in [2.45, 2.75) is 19.8 Å². The van der Waals surface area contributed by atoms with Crippen molar-refractivity contribution >= 4 is 11.8 Å². The molecule has 1 fully saturated rings. The number of carbonyl (C=O) groups excluding carboxylic acids is 2. The molecule has 2 aromatic carbocycles. The molecule has 0 N–H and O–H groups in total. The summed E-state index contributed by atoms with van der Waals surface area (Å²) in [5.41, 5.74) is 1.61. The van der Waals surface area contributed by atoms with Crippen molar-refractivity contribution in [2.75, 3.05) is 39.9 Å². The predicted octanol–water partition coefficient (Wildman–Crippen LogP) is 3.01. The summed E-state index contributed by atoms with van der Waals surface area (Å²) in [7, 11) is 1.60. The van der Waals surface area contributed by atoms with Crippen LogP contribution in [-0.2, 0) is 11.2 Å². The van der Waals surface area contributed by atoms with E-state index in [9.17, 15) is 9.59 Å². The van der Waals surface area contributed by atoms with Crippen molar-refractivity contribution in [3.8, 4) is 11.5 Å². The summed E-state index contributed by atoms with van der Waals surface area (Å²) in [5, 5.41) is 0. The molecule has 0 saturated carbocycles. The van der Waals surface area contributed by atoms with E-state index in [1.807, 2.05) is 41.0 Å². The quantitative estimate of drug-likeness (QED) is 0.753. The zero-order valence-electron chi connectivity index (χ0n) is 17.1. The average Bonchev–Trinajstić information content (AvgIpc) is 3.01. The van der Waals surface area contributed by atoms with Gasteiger partial charge in [0.05, 0.1) is 20.1 Å². The van der Waals surface area contributed by atoms with E-state index < -0.39 is 0 Å². The lowest BCUT2D eigenvalue weighted by atomic mass is 10.1. The van der Waals surface area contributed by atoms with E-state index >= 15 is 0 Å². The minimum atomic E-state index is -0.00605.